The van der Waals surface area contributed by atoms with Gasteiger partial charge in [-0.1, -0.05) is 37.3 Å². The lowest BCUT2D eigenvalue weighted by molar-refractivity contribution is -0.384. The van der Waals surface area contributed by atoms with Gasteiger partial charge in [0.05, 0.1) is 4.92 Å². The first-order valence-electron chi connectivity index (χ1n) is 6.80. The summed E-state index contributed by atoms with van der Waals surface area (Å²) in [7, 11) is 0. The largest absolute Gasteiger partial charge is 0.352 e. The second-order valence-electron chi connectivity index (χ2n) is 5.12. The van der Waals surface area contributed by atoms with Crippen LogP contribution in [0.3, 0.4) is 0 Å². The van der Waals surface area contributed by atoms with E-state index >= 15 is 0 Å². The molecule has 6 heteroatoms. The number of amides is 1. The summed E-state index contributed by atoms with van der Waals surface area (Å²) in [6.07, 6.45) is 6.07. The molecule has 5 nitrogen and oxygen atoms in total. The smallest absolute Gasteiger partial charge is 0.287 e. The lowest BCUT2D eigenvalue weighted by atomic mass is 10.0. The van der Waals surface area contributed by atoms with Gasteiger partial charge in [0.15, 0.2) is 0 Å². The van der Waals surface area contributed by atoms with Gasteiger partial charge in [-0.2, -0.15) is 0 Å². The van der Waals surface area contributed by atoms with Crippen LogP contribution < -0.4 is 5.32 Å². The first-order chi connectivity index (χ1) is 9.58. The van der Waals surface area contributed by atoms with E-state index in [-0.39, 0.29) is 16.6 Å². The van der Waals surface area contributed by atoms with Crippen molar-refractivity contribution < 1.29 is 9.72 Å². The summed E-state index contributed by atoms with van der Waals surface area (Å²) in [4.78, 5) is 22.0. The van der Waals surface area contributed by atoms with Gasteiger partial charge in [0, 0.05) is 18.2 Å². The van der Waals surface area contributed by atoms with Crippen LogP contribution in [0.5, 0.6) is 0 Å². The topological polar surface area (TPSA) is 72.2 Å². The zero-order valence-electron chi connectivity index (χ0n) is 11.1. The van der Waals surface area contributed by atoms with Crippen molar-refractivity contribution in [2.45, 2.75) is 32.1 Å². The number of benzene rings is 1. The molecule has 1 saturated carbocycles. The fourth-order valence-corrected chi connectivity index (χ4v) is 2.84. The minimum absolute atomic E-state index is 0.0153. The van der Waals surface area contributed by atoms with E-state index < -0.39 is 4.92 Å². The van der Waals surface area contributed by atoms with E-state index in [9.17, 15) is 14.9 Å². The van der Waals surface area contributed by atoms with Crippen LogP contribution in [-0.4, -0.2) is 17.4 Å². The molecule has 1 fully saturated rings. The van der Waals surface area contributed by atoms with Crippen LogP contribution in [0.25, 0.3) is 0 Å². The zero-order valence-corrected chi connectivity index (χ0v) is 11.9. The molecule has 0 spiro atoms. The maximum Gasteiger partial charge on any atom is 0.287 e. The van der Waals surface area contributed by atoms with Gasteiger partial charge in [0.2, 0.25) is 0 Å². The van der Waals surface area contributed by atoms with Gasteiger partial charge in [-0.15, -0.1) is 0 Å². The summed E-state index contributed by atoms with van der Waals surface area (Å²) in [6, 6.07) is 4.02. The van der Waals surface area contributed by atoms with E-state index in [1.54, 1.807) is 0 Å². The molecule has 1 amide bonds. The average Bonchev–Trinajstić information content (AvgIpc) is 2.91. The number of nitrogens with zero attached hydrogens (tertiary/aromatic N) is 1. The van der Waals surface area contributed by atoms with Crippen LogP contribution in [0, 0.1) is 16.0 Å². The molecule has 1 aromatic carbocycles. The second-order valence-corrected chi connectivity index (χ2v) is 5.53. The summed E-state index contributed by atoms with van der Waals surface area (Å²) in [5.74, 6) is 0.482. The normalized spacial score (nSPS) is 15.2. The Balaban J connectivity index is 1.88. The van der Waals surface area contributed by atoms with Gasteiger partial charge in [0.25, 0.3) is 11.6 Å². The van der Waals surface area contributed by atoms with Crippen molar-refractivity contribution in [2.75, 3.05) is 6.54 Å². The fourth-order valence-electron chi connectivity index (χ4n) is 2.59. The molecule has 1 aromatic rings. The number of carbonyl (C=O) groups is 1. The Labute approximate surface area is 122 Å². The predicted molar refractivity (Wildman–Crippen MR) is 77.0 cm³/mol. The minimum Gasteiger partial charge on any atom is -0.352 e. The highest BCUT2D eigenvalue weighted by molar-refractivity contribution is 6.33. The van der Waals surface area contributed by atoms with Crippen LogP contribution in [0.15, 0.2) is 18.2 Å². The monoisotopic (exact) mass is 296 g/mol. The quantitative estimate of drug-likeness (QED) is 0.667. The summed E-state index contributed by atoms with van der Waals surface area (Å²) in [6.45, 7) is 0.637. The molecule has 0 radical (unpaired) electrons. The third-order valence-electron chi connectivity index (χ3n) is 3.72. The predicted octanol–water partition coefficient (Wildman–Crippen LogP) is 3.56. The number of hydrogen-bond acceptors (Lipinski definition) is 3. The highest BCUT2D eigenvalue weighted by Gasteiger charge is 2.17. The van der Waals surface area contributed by atoms with Gasteiger partial charge >= 0.3 is 0 Å². The molecule has 0 saturated heterocycles. The molecule has 0 aromatic heterocycles. The van der Waals surface area contributed by atoms with E-state index in [0.717, 1.165) is 12.3 Å². The highest BCUT2D eigenvalue weighted by atomic mass is 35.5. The van der Waals surface area contributed by atoms with E-state index in [4.69, 9.17) is 11.6 Å². The number of halogens is 1. The number of carbonyl (C=O) groups excluding carboxylic acids is 1. The van der Waals surface area contributed by atoms with Crippen molar-refractivity contribution in [2.24, 2.45) is 5.92 Å². The van der Waals surface area contributed by atoms with Crippen LogP contribution in [0.2, 0.25) is 5.02 Å². The number of nitro groups is 1. The van der Waals surface area contributed by atoms with Crippen molar-refractivity contribution in [3.8, 4) is 0 Å². The molecule has 20 heavy (non-hydrogen) atoms. The second kappa shape index (κ2) is 6.70. The summed E-state index contributed by atoms with van der Waals surface area (Å²) in [5.41, 5.74) is 0.168. The van der Waals surface area contributed by atoms with E-state index in [0.29, 0.717) is 12.1 Å². The van der Waals surface area contributed by atoms with Gasteiger partial charge in [-0.05, 0) is 24.5 Å². The fraction of sp³-hybridized carbons (Fsp3) is 0.500. The van der Waals surface area contributed by atoms with Crippen LogP contribution in [0.4, 0.5) is 5.69 Å². The minimum atomic E-state index is -0.565. The third kappa shape index (κ3) is 3.70. The molecule has 0 bridgehead atoms. The average molecular weight is 297 g/mol. The van der Waals surface area contributed by atoms with Crippen molar-refractivity contribution in [3.05, 3.63) is 38.9 Å². The molecule has 0 unspecified atom stereocenters. The molecule has 1 aliphatic rings. The Bertz CT molecular complexity index is 513. The lowest BCUT2D eigenvalue weighted by Crippen LogP contribution is -2.25. The zero-order chi connectivity index (χ0) is 14.5. The van der Waals surface area contributed by atoms with Gasteiger partial charge in [-0.25, -0.2) is 0 Å². The number of nitrogens with one attached hydrogen (secondary N) is 1. The van der Waals surface area contributed by atoms with Crippen molar-refractivity contribution in [1.82, 2.24) is 5.32 Å². The van der Waals surface area contributed by atoms with Crippen molar-refractivity contribution >= 4 is 23.2 Å². The SMILES string of the molecule is O=C(NCCC1CCCC1)c1ccc([N+](=O)[O-])c(Cl)c1. The maximum atomic E-state index is 11.9. The van der Waals surface area contributed by atoms with Gasteiger partial charge < -0.3 is 5.32 Å². The number of nitro benzene ring substituents is 1. The van der Waals surface area contributed by atoms with Crippen LogP contribution in [-0.2, 0) is 0 Å². The highest BCUT2D eigenvalue weighted by Crippen LogP contribution is 2.27. The Morgan fingerprint density at radius 3 is 2.70 bits per heavy atom. The number of hydrogen-bond donors (Lipinski definition) is 1. The van der Waals surface area contributed by atoms with Gasteiger partial charge in [0.1, 0.15) is 5.02 Å². The molecular formula is C14H17ClN2O3. The summed E-state index contributed by atoms with van der Waals surface area (Å²) in [5, 5.41) is 13.5. The first-order valence-corrected chi connectivity index (χ1v) is 7.18. The molecule has 0 atom stereocenters. The molecule has 0 heterocycles. The van der Waals surface area contributed by atoms with Gasteiger partial charge in [-0.3, -0.25) is 14.9 Å². The van der Waals surface area contributed by atoms with E-state index in [1.807, 2.05) is 0 Å². The molecule has 2 rings (SSSR count). The summed E-state index contributed by atoms with van der Waals surface area (Å²) < 4.78 is 0. The summed E-state index contributed by atoms with van der Waals surface area (Å²) >= 11 is 5.78. The maximum absolute atomic E-state index is 11.9. The third-order valence-corrected chi connectivity index (χ3v) is 4.02. The standard InChI is InChI=1S/C14H17ClN2O3/c15-12-9-11(5-6-13(12)17(19)20)14(18)16-8-7-10-3-1-2-4-10/h5-6,9-10H,1-4,7-8H2,(H,16,18). The molecule has 108 valence electrons. The van der Waals surface area contributed by atoms with Crippen molar-refractivity contribution in [3.63, 3.8) is 0 Å². The Morgan fingerprint density at radius 1 is 1.40 bits per heavy atom. The van der Waals surface area contributed by atoms with E-state index in [2.05, 4.69) is 5.32 Å². The van der Waals surface area contributed by atoms with Crippen LogP contribution in [0.1, 0.15) is 42.5 Å². The molecule has 1 aliphatic carbocycles. The first kappa shape index (κ1) is 14.8. The van der Waals surface area contributed by atoms with Crippen LogP contribution >= 0.6 is 11.6 Å². The molecule has 0 aliphatic heterocycles. The molecule has 1 N–H and O–H groups in total. The Hall–Kier alpha value is -1.62. The Kier molecular flexibility index (Phi) is 4.95. The van der Waals surface area contributed by atoms with Crippen molar-refractivity contribution in [1.29, 1.82) is 0 Å². The lowest BCUT2D eigenvalue weighted by Gasteiger charge is -2.10. The molecular weight excluding hydrogens is 280 g/mol. The van der Waals surface area contributed by atoms with E-state index in [1.165, 1.54) is 43.9 Å². The Morgan fingerprint density at radius 2 is 2.10 bits per heavy atom. The number of rotatable bonds is 5.